The maximum atomic E-state index is 11.6. The van der Waals surface area contributed by atoms with Crippen LogP contribution in [0.1, 0.15) is 30.0 Å². The van der Waals surface area contributed by atoms with E-state index in [-0.39, 0.29) is 6.04 Å². The third-order valence-electron chi connectivity index (χ3n) is 3.09. The van der Waals surface area contributed by atoms with Gasteiger partial charge in [0.15, 0.2) is 0 Å². The molecule has 1 aliphatic heterocycles. The molecule has 0 radical (unpaired) electrons. The van der Waals surface area contributed by atoms with Crippen LogP contribution >= 0.6 is 0 Å². The summed E-state index contributed by atoms with van der Waals surface area (Å²) in [6.45, 7) is 2.68. The van der Waals surface area contributed by atoms with E-state index in [0.29, 0.717) is 6.54 Å². The van der Waals surface area contributed by atoms with Crippen molar-refractivity contribution in [2.45, 2.75) is 25.8 Å². The van der Waals surface area contributed by atoms with E-state index in [1.807, 2.05) is 31.2 Å². The normalized spacial score (nSPS) is 22.5. The zero-order chi connectivity index (χ0) is 11.8. The van der Waals surface area contributed by atoms with Crippen LogP contribution in [0.2, 0.25) is 0 Å². The fourth-order valence-electron chi connectivity index (χ4n) is 2.26. The van der Waals surface area contributed by atoms with Crippen LogP contribution in [-0.2, 0) is 10.0 Å². The molecule has 1 heterocycles. The molecule has 88 valence electrons. The van der Waals surface area contributed by atoms with Gasteiger partial charge in [-0.15, -0.1) is 0 Å². The molecule has 4 heteroatoms. The molecule has 0 amide bonds. The summed E-state index contributed by atoms with van der Waals surface area (Å²) in [5, 5.41) is 0. The van der Waals surface area contributed by atoms with Crippen LogP contribution in [0.25, 0.3) is 0 Å². The first-order valence-corrected chi connectivity index (χ1v) is 7.37. The van der Waals surface area contributed by atoms with Gasteiger partial charge in [0.05, 0.1) is 6.26 Å². The molecule has 1 saturated heterocycles. The van der Waals surface area contributed by atoms with Crippen molar-refractivity contribution in [3.8, 4) is 0 Å². The molecule has 1 unspecified atom stereocenters. The molecule has 1 atom stereocenters. The highest BCUT2D eigenvalue weighted by atomic mass is 32.2. The van der Waals surface area contributed by atoms with E-state index in [4.69, 9.17) is 0 Å². The third kappa shape index (κ3) is 2.28. The second-order valence-corrected chi connectivity index (χ2v) is 6.38. The highest BCUT2D eigenvalue weighted by molar-refractivity contribution is 7.88. The smallest absolute Gasteiger partial charge is 0.211 e. The topological polar surface area (TPSA) is 37.4 Å². The van der Waals surface area contributed by atoms with Crippen LogP contribution in [0.5, 0.6) is 0 Å². The molecule has 1 aromatic carbocycles. The van der Waals surface area contributed by atoms with Crippen molar-refractivity contribution in [1.82, 2.24) is 4.31 Å². The van der Waals surface area contributed by atoms with E-state index in [2.05, 4.69) is 0 Å². The van der Waals surface area contributed by atoms with Gasteiger partial charge in [-0.3, -0.25) is 0 Å². The lowest BCUT2D eigenvalue weighted by Crippen LogP contribution is -2.29. The minimum Gasteiger partial charge on any atom is -0.212 e. The van der Waals surface area contributed by atoms with Gasteiger partial charge in [-0.1, -0.05) is 29.8 Å². The van der Waals surface area contributed by atoms with Gasteiger partial charge in [-0.05, 0) is 25.3 Å². The lowest BCUT2D eigenvalue weighted by molar-refractivity contribution is 0.400. The van der Waals surface area contributed by atoms with E-state index < -0.39 is 10.0 Å². The molecular formula is C12H17NO2S. The summed E-state index contributed by atoms with van der Waals surface area (Å²) < 4.78 is 24.8. The van der Waals surface area contributed by atoms with Gasteiger partial charge in [0, 0.05) is 12.6 Å². The van der Waals surface area contributed by atoms with Crippen LogP contribution in [-0.4, -0.2) is 25.5 Å². The Hall–Kier alpha value is -0.870. The summed E-state index contributed by atoms with van der Waals surface area (Å²) in [5.74, 6) is 0. The van der Waals surface area contributed by atoms with Gasteiger partial charge >= 0.3 is 0 Å². The summed E-state index contributed by atoms with van der Waals surface area (Å²) in [7, 11) is -3.08. The Bertz CT molecular complexity index is 464. The minimum atomic E-state index is -3.08. The Morgan fingerprint density at radius 1 is 1.25 bits per heavy atom. The van der Waals surface area contributed by atoms with E-state index in [0.717, 1.165) is 18.4 Å². The lowest BCUT2D eigenvalue weighted by atomic mass is 10.0. The van der Waals surface area contributed by atoms with Crippen LogP contribution < -0.4 is 0 Å². The van der Waals surface area contributed by atoms with Crippen molar-refractivity contribution >= 4 is 10.0 Å². The molecule has 1 aromatic rings. The van der Waals surface area contributed by atoms with Crippen LogP contribution in [0.4, 0.5) is 0 Å². The molecule has 3 nitrogen and oxygen atoms in total. The summed E-state index contributed by atoms with van der Waals surface area (Å²) >= 11 is 0. The Kier molecular flexibility index (Phi) is 3.04. The average Bonchev–Trinajstić information content (AvgIpc) is 2.66. The summed E-state index contributed by atoms with van der Waals surface area (Å²) in [5.41, 5.74) is 2.31. The quantitative estimate of drug-likeness (QED) is 0.792. The van der Waals surface area contributed by atoms with Gasteiger partial charge in [0.25, 0.3) is 0 Å². The Balaban J connectivity index is 2.30. The number of hydrogen-bond acceptors (Lipinski definition) is 2. The summed E-state index contributed by atoms with van der Waals surface area (Å²) in [6, 6.07) is 8.17. The second kappa shape index (κ2) is 4.18. The fourth-order valence-corrected chi connectivity index (χ4v) is 3.41. The Labute approximate surface area is 97.1 Å². The fraction of sp³-hybridized carbons (Fsp3) is 0.500. The predicted molar refractivity (Wildman–Crippen MR) is 64.7 cm³/mol. The Morgan fingerprint density at radius 2 is 1.88 bits per heavy atom. The minimum absolute atomic E-state index is 0.0376. The molecule has 2 rings (SSSR count). The third-order valence-corrected chi connectivity index (χ3v) is 4.38. The molecule has 0 aromatic heterocycles. The molecule has 0 aliphatic carbocycles. The largest absolute Gasteiger partial charge is 0.212 e. The number of benzene rings is 1. The van der Waals surface area contributed by atoms with Crippen LogP contribution in [0.15, 0.2) is 24.3 Å². The number of nitrogens with zero attached hydrogens (tertiary/aromatic N) is 1. The van der Waals surface area contributed by atoms with Gasteiger partial charge in [0.2, 0.25) is 10.0 Å². The van der Waals surface area contributed by atoms with E-state index >= 15 is 0 Å². The molecule has 16 heavy (non-hydrogen) atoms. The number of hydrogen-bond donors (Lipinski definition) is 0. The molecule has 1 fully saturated rings. The summed E-state index contributed by atoms with van der Waals surface area (Å²) in [6.07, 6.45) is 3.17. The lowest BCUT2D eigenvalue weighted by Gasteiger charge is -2.22. The number of aryl methyl sites for hydroxylation is 1. The van der Waals surface area contributed by atoms with Crippen molar-refractivity contribution in [3.05, 3.63) is 35.4 Å². The van der Waals surface area contributed by atoms with Gasteiger partial charge in [-0.2, -0.15) is 4.31 Å². The van der Waals surface area contributed by atoms with Crippen LogP contribution in [0, 0.1) is 6.92 Å². The molecular weight excluding hydrogens is 222 g/mol. The first-order valence-electron chi connectivity index (χ1n) is 5.52. The van der Waals surface area contributed by atoms with E-state index in [1.54, 1.807) is 4.31 Å². The number of rotatable bonds is 2. The molecule has 1 aliphatic rings. The van der Waals surface area contributed by atoms with Crippen molar-refractivity contribution in [3.63, 3.8) is 0 Å². The maximum Gasteiger partial charge on any atom is 0.211 e. The highest BCUT2D eigenvalue weighted by Crippen LogP contribution is 2.33. The SMILES string of the molecule is Cc1ccc(C2CCCN2S(C)(=O)=O)cc1. The summed E-state index contributed by atoms with van der Waals surface area (Å²) in [4.78, 5) is 0. The maximum absolute atomic E-state index is 11.6. The van der Waals surface area contributed by atoms with Crippen LogP contribution in [0.3, 0.4) is 0 Å². The average molecular weight is 239 g/mol. The first kappa shape index (κ1) is 11.6. The van der Waals surface area contributed by atoms with Crippen molar-refractivity contribution in [2.24, 2.45) is 0 Å². The Morgan fingerprint density at radius 3 is 2.44 bits per heavy atom. The molecule has 0 saturated carbocycles. The monoisotopic (exact) mass is 239 g/mol. The highest BCUT2D eigenvalue weighted by Gasteiger charge is 2.32. The van der Waals surface area contributed by atoms with E-state index in [1.165, 1.54) is 11.8 Å². The second-order valence-electron chi connectivity index (χ2n) is 4.44. The standard InChI is InChI=1S/C12H17NO2S/c1-10-5-7-11(8-6-10)12-4-3-9-13(12)16(2,14)15/h5-8,12H,3-4,9H2,1-2H3. The zero-order valence-corrected chi connectivity index (χ0v) is 10.5. The van der Waals surface area contributed by atoms with Crippen molar-refractivity contribution in [1.29, 1.82) is 0 Å². The molecule has 0 N–H and O–H groups in total. The molecule has 0 spiro atoms. The van der Waals surface area contributed by atoms with Crippen molar-refractivity contribution in [2.75, 3.05) is 12.8 Å². The van der Waals surface area contributed by atoms with Crippen molar-refractivity contribution < 1.29 is 8.42 Å². The number of sulfonamides is 1. The van der Waals surface area contributed by atoms with Gasteiger partial charge < -0.3 is 0 Å². The van der Waals surface area contributed by atoms with Gasteiger partial charge in [0.1, 0.15) is 0 Å². The first-order chi connectivity index (χ1) is 7.48. The predicted octanol–water partition coefficient (Wildman–Crippen LogP) is 2.09. The van der Waals surface area contributed by atoms with Gasteiger partial charge in [-0.25, -0.2) is 8.42 Å². The van der Waals surface area contributed by atoms with E-state index in [9.17, 15) is 8.42 Å². The molecule has 0 bridgehead atoms. The zero-order valence-electron chi connectivity index (χ0n) is 9.68.